The Hall–Kier alpha value is 4.26. The molecule has 7 nitrogen and oxygen atoms in total. The summed E-state index contributed by atoms with van der Waals surface area (Å²) in [5.74, 6) is 0. The summed E-state index contributed by atoms with van der Waals surface area (Å²) in [6, 6.07) is 0. The molecule has 0 aromatic heterocycles. The first-order valence-electron chi connectivity index (χ1n) is 3.95. The second-order valence-corrected chi connectivity index (χ2v) is 6.23. The van der Waals surface area contributed by atoms with Gasteiger partial charge >= 0.3 is 15.2 Å². The molecule has 0 aromatic rings. The van der Waals surface area contributed by atoms with Crippen LogP contribution in [0.15, 0.2) is 0 Å². The van der Waals surface area contributed by atoms with Crippen LogP contribution in [0.3, 0.4) is 0 Å². The van der Waals surface area contributed by atoms with Crippen molar-refractivity contribution in [3.8, 4) is 0 Å². The Labute approximate surface area is 196 Å². The van der Waals surface area contributed by atoms with Crippen LogP contribution in [0.4, 0.5) is 0 Å². The molecule has 0 fully saturated rings. The predicted molar refractivity (Wildman–Crippen MR) is 73.8 cm³/mol. The van der Waals surface area contributed by atoms with Gasteiger partial charge in [0.25, 0.3) is 0 Å². The zero-order valence-electron chi connectivity index (χ0n) is 11.8. The molecule has 0 aliphatic rings. The molecule has 0 bridgehead atoms. The van der Waals surface area contributed by atoms with E-state index in [0.717, 1.165) is 4.90 Å². The van der Waals surface area contributed by atoms with Gasteiger partial charge in [0.2, 0.25) is 0 Å². The van der Waals surface area contributed by atoms with Crippen LogP contribution in [0, 0.1) is 0 Å². The normalized spacial score (nSPS) is 10.6. The summed E-state index contributed by atoms with van der Waals surface area (Å²) < 4.78 is 21.2. The predicted octanol–water partition coefficient (Wildman–Crippen LogP) is -1.55. The third kappa shape index (κ3) is 25.2. The minimum absolute atomic E-state index is 0. The summed E-state index contributed by atoms with van der Waals surface area (Å²) in [5, 5.41) is 0. The molecule has 0 saturated heterocycles. The quantitative estimate of drug-likeness (QED) is 0.342. The van der Waals surface area contributed by atoms with Crippen LogP contribution in [0.1, 0.15) is 13.3 Å². The third-order valence-corrected chi connectivity index (χ3v) is 2.85. The summed E-state index contributed by atoms with van der Waals surface area (Å²) in [4.78, 5) is 35.6. The SMILES string of the molecule is CCCN(CP(=O)(O)O)CP(=O)(O)O.[Na].[Na].[Na].[Na]. The molecule has 0 unspecified atom stereocenters. The molecule has 0 saturated carbocycles. The van der Waals surface area contributed by atoms with Crippen molar-refractivity contribution in [3.63, 3.8) is 0 Å². The Bertz CT molecular complexity index is 247. The summed E-state index contributed by atoms with van der Waals surface area (Å²) >= 11 is 0. The maximum absolute atomic E-state index is 10.6. The number of nitrogens with zero attached hydrogens (tertiary/aromatic N) is 1. The molecule has 4 N–H and O–H groups in total. The number of hydrogen-bond donors (Lipinski definition) is 4. The Kier molecular flexibility index (Phi) is 30.3. The Morgan fingerprint density at radius 3 is 1.28 bits per heavy atom. The van der Waals surface area contributed by atoms with Gasteiger partial charge in [0.15, 0.2) is 0 Å². The van der Waals surface area contributed by atoms with Gasteiger partial charge in [-0.25, -0.2) is 0 Å². The van der Waals surface area contributed by atoms with Gasteiger partial charge in [-0.2, -0.15) is 0 Å². The first kappa shape index (κ1) is 33.8. The zero-order valence-corrected chi connectivity index (χ0v) is 21.6. The van der Waals surface area contributed by atoms with Gasteiger partial charge in [-0.1, -0.05) is 6.92 Å². The number of rotatable bonds is 6. The summed E-state index contributed by atoms with van der Waals surface area (Å²) in [6.45, 7) is 2.00. The maximum Gasteiger partial charge on any atom is 0.339 e. The molecule has 13 heteroatoms. The Balaban J connectivity index is -0.000000141. The van der Waals surface area contributed by atoms with Crippen LogP contribution in [0.2, 0.25) is 0 Å². The van der Waals surface area contributed by atoms with Crippen molar-refractivity contribution in [2.24, 2.45) is 0 Å². The van der Waals surface area contributed by atoms with E-state index in [1.54, 1.807) is 6.92 Å². The van der Waals surface area contributed by atoms with Crippen LogP contribution in [-0.4, -0.2) is 162 Å². The summed E-state index contributed by atoms with van der Waals surface area (Å²) in [6.07, 6.45) is -0.669. The Morgan fingerprint density at radius 1 is 0.833 bits per heavy atom. The molecule has 0 spiro atoms. The minimum Gasteiger partial charge on any atom is -0.324 e. The molecular weight excluding hydrogens is 324 g/mol. The molecule has 90 valence electrons. The fraction of sp³-hybridized carbons (Fsp3) is 1.00. The van der Waals surface area contributed by atoms with E-state index in [4.69, 9.17) is 19.6 Å². The van der Waals surface area contributed by atoms with Crippen LogP contribution in [0.25, 0.3) is 0 Å². The van der Waals surface area contributed by atoms with E-state index >= 15 is 0 Å². The monoisotopic (exact) mass is 339 g/mol. The smallest absolute Gasteiger partial charge is 0.324 e. The average molecular weight is 339 g/mol. The molecular formula is C5H15NNa4O6P2. The summed E-state index contributed by atoms with van der Waals surface area (Å²) in [7, 11) is -8.51. The van der Waals surface area contributed by atoms with Crippen molar-refractivity contribution in [2.45, 2.75) is 13.3 Å². The Morgan fingerprint density at radius 2 is 1.11 bits per heavy atom. The van der Waals surface area contributed by atoms with Gasteiger partial charge in [-0.3, -0.25) is 14.0 Å². The minimum atomic E-state index is -4.26. The molecule has 0 heterocycles. The van der Waals surface area contributed by atoms with Crippen molar-refractivity contribution in [1.82, 2.24) is 4.90 Å². The standard InChI is InChI=1S/C5H15NO6P2.4Na/c1-2-3-6(4-13(7,8)9)5-14(10,11)12;;;;/h2-5H2,1H3,(H2,7,8,9)(H2,10,11,12);;;;. The molecule has 0 aromatic carbocycles. The molecule has 18 heavy (non-hydrogen) atoms. The topological polar surface area (TPSA) is 118 Å². The van der Waals surface area contributed by atoms with Gasteiger partial charge in [-0.05, 0) is 13.0 Å². The van der Waals surface area contributed by atoms with Crippen molar-refractivity contribution < 1.29 is 28.7 Å². The largest absolute Gasteiger partial charge is 0.339 e. The van der Waals surface area contributed by atoms with E-state index in [-0.39, 0.29) is 125 Å². The van der Waals surface area contributed by atoms with E-state index in [1.165, 1.54) is 0 Å². The van der Waals surface area contributed by atoms with Gasteiger partial charge in [0, 0.05) is 118 Å². The fourth-order valence-corrected chi connectivity index (χ4v) is 2.71. The van der Waals surface area contributed by atoms with Gasteiger partial charge in [-0.15, -0.1) is 0 Å². The van der Waals surface area contributed by atoms with Crippen LogP contribution >= 0.6 is 15.2 Å². The van der Waals surface area contributed by atoms with Gasteiger partial charge in [0.1, 0.15) is 12.6 Å². The van der Waals surface area contributed by atoms with Crippen molar-refractivity contribution >= 4 is 133 Å². The maximum atomic E-state index is 10.6. The summed E-state index contributed by atoms with van der Waals surface area (Å²) in [5.41, 5.74) is 0. The van der Waals surface area contributed by atoms with Crippen LogP contribution in [-0.2, 0) is 9.13 Å². The zero-order chi connectivity index (χ0) is 11.4. The van der Waals surface area contributed by atoms with Crippen LogP contribution in [0.5, 0.6) is 0 Å². The van der Waals surface area contributed by atoms with Crippen molar-refractivity contribution in [1.29, 1.82) is 0 Å². The van der Waals surface area contributed by atoms with E-state index < -0.39 is 27.8 Å². The van der Waals surface area contributed by atoms with E-state index in [9.17, 15) is 9.13 Å². The first-order valence-corrected chi connectivity index (χ1v) is 7.55. The fourth-order valence-electron chi connectivity index (χ4n) is 1.02. The average Bonchev–Trinajstić information content (AvgIpc) is 1.78. The van der Waals surface area contributed by atoms with Crippen molar-refractivity contribution in [3.05, 3.63) is 0 Å². The molecule has 0 atom stereocenters. The van der Waals surface area contributed by atoms with Crippen molar-refractivity contribution in [2.75, 3.05) is 19.1 Å². The van der Waals surface area contributed by atoms with Crippen LogP contribution < -0.4 is 0 Å². The third-order valence-electron chi connectivity index (χ3n) is 1.31. The number of hydrogen-bond acceptors (Lipinski definition) is 3. The second kappa shape index (κ2) is 16.1. The van der Waals surface area contributed by atoms with E-state index in [1.807, 2.05) is 0 Å². The molecule has 0 rings (SSSR count). The van der Waals surface area contributed by atoms with Gasteiger partial charge in [0.05, 0.1) is 0 Å². The van der Waals surface area contributed by atoms with E-state index in [2.05, 4.69) is 0 Å². The second-order valence-electron chi connectivity index (χ2n) is 3.01. The molecule has 0 amide bonds. The molecule has 4 radical (unpaired) electrons. The molecule has 0 aliphatic heterocycles. The van der Waals surface area contributed by atoms with Gasteiger partial charge < -0.3 is 19.6 Å². The van der Waals surface area contributed by atoms with E-state index in [0.29, 0.717) is 6.42 Å². The molecule has 0 aliphatic carbocycles. The first-order chi connectivity index (χ1) is 6.14.